The van der Waals surface area contributed by atoms with Crippen LogP contribution in [0, 0.1) is 0 Å². The van der Waals surface area contributed by atoms with Crippen molar-refractivity contribution in [1.29, 1.82) is 0 Å². The molecule has 1 aliphatic heterocycles. The van der Waals surface area contributed by atoms with Gasteiger partial charge in [0, 0.05) is 25.0 Å². The molecule has 8 nitrogen and oxygen atoms in total. The maximum Gasteiger partial charge on any atom is 0.251 e. The monoisotopic (exact) mass is 358 g/mol. The molecule has 0 unspecified atom stereocenters. The van der Waals surface area contributed by atoms with E-state index < -0.39 is 0 Å². The van der Waals surface area contributed by atoms with E-state index in [9.17, 15) is 4.79 Å². The number of benzene rings is 1. The molecule has 0 saturated carbocycles. The SMILES string of the molecule is CC(=O)N1CC(n2nc(Oc3cccc(Cl)c3)c3c(N)ncnc32)C1. The lowest BCUT2D eigenvalue weighted by atomic mass is 10.1. The van der Waals surface area contributed by atoms with Crippen molar-refractivity contribution >= 4 is 34.4 Å². The Morgan fingerprint density at radius 3 is 2.88 bits per heavy atom. The quantitative estimate of drug-likeness (QED) is 0.771. The average Bonchev–Trinajstić information content (AvgIpc) is 2.85. The Bertz CT molecular complexity index is 966. The molecule has 1 amide bonds. The third-order valence-electron chi connectivity index (χ3n) is 4.15. The molecule has 0 bridgehead atoms. The third kappa shape index (κ3) is 2.74. The largest absolute Gasteiger partial charge is 0.437 e. The maximum absolute atomic E-state index is 11.4. The molecule has 25 heavy (non-hydrogen) atoms. The van der Waals surface area contributed by atoms with Crippen LogP contribution in [0.15, 0.2) is 30.6 Å². The Hall–Kier alpha value is -2.87. The van der Waals surface area contributed by atoms with Gasteiger partial charge in [0.15, 0.2) is 5.65 Å². The summed E-state index contributed by atoms with van der Waals surface area (Å²) in [7, 11) is 0. The number of amides is 1. The molecule has 1 aromatic carbocycles. The molecule has 2 N–H and O–H groups in total. The molecule has 0 atom stereocenters. The van der Waals surface area contributed by atoms with Crippen LogP contribution in [0.25, 0.3) is 11.0 Å². The molecule has 2 aromatic heterocycles. The second-order valence-corrected chi connectivity index (χ2v) is 6.28. The fourth-order valence-electron chi connectivity index (χ4n) is 2.80. The number of hydrogen-bond donors (Lipinski definition) is 1. The third-order valence-corrected chi connectivity index (χ3v) is 4.39. The number of nitrogens with two attached hydrogens (primary N) is 1. The van der Waals surface area contributed by atoms with Crippen LogP contribution >= 0.6 is 11.6 Å². The van der Waals surface area contributed by atoms with Crippen molar-refractivity contribution in [2.45, 2.75) is 13.0 Å². The number of likely N-dealkylation sites (tertiary alicyclic amines) is 1. The molecule has 0 radical (unpaired) electrons. The van der Waals surface area contributed by atoms with Gasteiger partial charge in [-0.15, -0.1) is 5.10 Å². The van der Waals surface area contributed by atoms with Gasteiger partial charge in [0.25, 0.3) is 5.88 Å². The molecule has 1 aliphatic rings. The van der Waals surface area contributed by atoms with E-state index in [0.29, 0.717) is 40.8 Å². The van der Waals surface area contributed by atoms with Crippen molar-refractivity contribution < 1.29 is 9.53 Å². The van der Waals surface area contributed by atoms with Gasteiger partial charge in [0.2, 0.25) is 5.91 Å². The van der Waals surface area contributed by atoms with E-state index in [1.165, 1.54) is 6.33 Å². The summed E-state index contributed by atoms with van der Waals surface area (Å²) < 4.78 is 7.61. The number of halogens is 1. The second kappa shape index (κ2) is 5.89. The van der Waals surface area contributed by atoms with Crippen molar-refractivity contribution in [3.8, 4) is 11.6 Å². The zero-order valence-corrected chi connectivity index (χ0v) is 14.1. The highest BCUT2D eigenvalue weighted by molar-refractivity contribution is 6.30. The van der Waals surface area contributed by atoms with Crippen LogP contribution < -0.4 is 10.5 Å². The molecule has 3 heterocycles. The van der Waals surface area contributed by atoms with E-state index in [4.69, 9.17) is 22.1 Å². The fraction of sp³-hybridized carbons (Fsp3) is 0.250. The Morgan fingerprint density at radius 1 is 1.36 bits per heavy atom. The van der Waals surface area contributed by atoms with Crippen LogP contribution in [-0.2, 0) is 4.79 Å². The summed E-state index contributed by atoms with van der Waals surface area (Å²) in [6.45, 7) is 2.70. The van der Waals surface area contributed by atoms with Crippen molar-refractivity contribution in [1.82, 2.24) is 24.6 Å². The van der Waals surface area contributed by atoms with Crippen LogP contribution in [0.2, 0.25) is 5.02 Å². The molecule has 0 aliphatic carbocycles. The minimum Gasteiger partial charge on any atom is -0.437 e. The smallest absolute Gasteiger partial charge is 0.251 e. The highest BCUT2D eigenvalue weighted by atomic mass is 35.5. The summed E-state index contributed by atoms with van der Waals surface area (Å²) in [4.78, 5) is 21.5. The van der Waals surface area contributed by atoms with Crippen LogP contribution in [0.3, 0.4) is 0 Å². The zero-order chi connectivity index (χ0) is 17.6. The van der Waals surface area contributed by atoms with Gasteiger partial charge in [-0.25, -0.2) is 14.6 Å². The molecular formula is C16H15ClN6O2. The summed E-state index contributed by atoms with van der Waals surface area (Å²) in [5, 5.41) is 5.62. The first-order chi connectivity index (χ1) is 12.0. The predicted molar refractivity (Wildman–Crippen MR) is 92.6 cm³/mol. The number of rotatable bonds is 3. The number of carbonyl (C=O) groups excluding carboxylic acids is 1. The Morgan fingerprint density at radius 2 is 2.16 bits per heavy atom. The predicted octanol–water partition coefficient (Wildman–Crippen LogP) is 2.26. The lowest BCUT2D eigenvalue weighted by Crippen LogP contribution is -2.50. The number of fused-ring (bicyclic) bond motifs is 1. The minimum absolute atomic E-state index is 0.0254. The number of hydrogen-bond acceptors (Lipinski definition) is 6. The number of nitrogens with zero attached hydrogens (tertiary/aromatic N) is 5. The highest BCUT2D eigenvalue weighted by Gasteiger charge is 2.33. The first kappa shape index (κ1) is 15.6. The van der Waals surface area contributed by atoms with Gasteiger partial charge in [-0.3, -0.25) is 4.79 Å². The average molecular weight is 359 g/mol. The number of nitrogen functional groups attached to an aromatic ring is 1. The molecule has 1 fully saturated rings. The van der Waals surface area contributed by atoms with E-state index in [-0.39, 0.29) is 17.8 Å². The molecular weight excluding hydrogens is 344 g/mol. The lowest BCUT2D eigenvalue weighted by Gasteiger charge is -2.38. The van der Waals surface area contributed by atoms with Gasteiger partial charge >= 0.3 is 0 Å². The normalized spacial score (nSPS) is 14.6. The Labute approximate surface area is 148 Å². The van der Waals surface area contributed by atoms with Crippen molar-refractivity contribution in [2.24, 2.45) is 0 Å². The second-order valence-electron chi connectivity index (χ2n) is 5.84. The summed E-state index contributed by atoms with van der Waals surface area (Å²) in [6.07, 6.45) is 1.39. The molecule has 128 valence electrons. The Balaban J connectivity index is 1.73. The maximum atomic E-state index is 11.4. The van der Waals surface area contributed by atoms with Crippen molar-refractivity contribution in [3.63, 3.8) is 0 Å². The summed E-state index contributed by atoms with van der Waals surface area (Å²) in [5.74, 6) is 1.19. The molecule has 1 saturated heterocycles. The fourth-order valence-corrected chi connectivity index (χ4v) is 2.98. The van der Waals surface area contributed by atoms with E-state index in [0.717, 1.165) is 0 Å². The van der Waals surface area contributed by atoms with Gasteiger partial charge in [-0.2, -0.15) is 0 Å². The van der Waals surface area contributed by atoms with E-state index >= 15 is 0 Å². The van der Waals surface area contributed by atoms with E-state index in [1.807, 2.05) is 0 Å². The van der Waals surface area contributed by atoms with Crippen LogP contribution in [0.5, 0.6) is 11.6 Å². The molecule has 0 spiro atoms. The van der Waals surface area contributed by atoms with Gasteiger partial charge in [0.1, 0.15) is 23.3 Å². The van der Waals surface area contributed by atoms with Crippen molar-refractivity contribution in [3.05, 3.63) is 35.6 Å². The first-order valence-electron chi connectivity index (χ1n) is 7.70. The molecule has 3 aromatic rings. The molecule has 9 heteroatoms. The van der Waals surface area contributed by atoms with E-state index in [2.05, 4.69) is 15.1 Å². The first-order valence-corrected chi connectivity index (χ1v) is 8.08. The summed E-state index contributed by atoms with van der Waals surface area (Å²) in [5.41, 5.74) is 6.60. The van der Waals surface area contributed by atoms with Crippen LogP contribution in [0.4, 0.5) is 5.82 Å². The number of carbonyl (C=O) groups is 1. The van der Waals surface area contributed by atoms with Gasteiger partial charge < -0.3 is 15.4 Å². The lowest BCUT2D eigenvalue weighted by molar-refractivity contribution is -0.134. The number of ether oxygens (including phenoxy) is 1. The minimum atomic E-state index is 0.0254. The van der Waals surface area contributed by atoms with E-state index in [1.54, 1.807) is 40.8 Å². The van der Waals surface area contributed by atoms with Gasteiger partial charge in [0.05, 0.1) is 6.04 Å². The number of anilines is 1. The highest BCUT2D eigenvalue weighted by Crippen LogP contribution is 2.35. The standard InChI is InChI=1S/C16H15ClN6O2/c1-9(24)22-6-11(7-22)23-15-13(14(18)19-8-20-15)16(21-23)25-12-4-2-3-10(17)5-12/h2-5,8,11H,6-7H2,1H3,(H2,18,19,20). The zero-order valence-electron chi connectivity index (χ0n) is 13.4. The Kier molecular flexibility index (Phi) is 3.69. The summed E-state index contributed by atoms with van der Waals surface area (Å²) in [6, 6.07) is 7.03. The summed E-state index contributed by atoms with van der Waals surface area (Å²) >= 11 is 6.00. The van der Waals surface area contributed by atoms with Crippen LogP contribution in [-0.4, -0.2) is 43.6 Å². The number of aromatic nitrogens is 4. The molecule has 4 rings (SSSR count). The topological polar surface area (TPSA) is 99.2 Å². The van der Waals surface area contributed by atoms with Crippen LogP contribution in [0.1, 0.15) is 13.0 Å². The van der Waals surface area contributed by atoms with Crippen molar-refractivity contribution in [2.75, 3.05) is 18.8 Å². The van der Waals surface area contributed by atoms with Gasteiger partial charge in [-0.1, -0.05) is 17.7 Å². The van der Waals surface area contributed by atoms with Gasteiger partial charge in [-0.05, 0) is 18.2 Å².